The molecule has 3 atom stereocenters. The summed E-state index contributed by atoms with van der Waals surface area (Å²) in [4.78, 5) is 13.3. The average Bonchev–Trinajstić information content (AvgIpc) is 3.26. The van der Waals surface area contributed by atoms with E-state index in [9.17, 15) is 9.90 Å². The van der Waals surface area contributed by atoms with Crippen molar-refractivity contribution in [2.24, 2.45) is 11.8 Å². The maximum atomic E-state index is 13.3. The first-order chi connectivity index (χ1) is 15.0. The second-order valence-corrected chi connectivity index (χ2v) is 7.10. The molecule has 8 heteroatoms. The van der Waals surface area contributed by atoms with E-state index < -0.39 is 17.9 Å². The Morgan fingerprint density at radius 1 is 0.903 bits per heavy atom. The van der Waals surface area contributed by atoms with Crippen LogP contribution in [0.5, 0.6) is 28.7 Å². The Hall–Kier alpha value is -2.97. The van der Waals surface area contributed by atoms with Crippen molar-refractivity contribution >= 4 is 5.78 Å². The number of hydrogen-bond acceptors (Lipinski definition) is 8. The van der Waals surface area contributed by atoms with Gasteiger partial charge in [0.25, 0.3) is 0 Å². The van der Waals surface area contributed by atoms with Crippen LogP contribution >= 0.6 is 0 Å². The normalized spacial score (nSPS) is 20.3. The SMILES string of the molecule is COc1ccc(C(=O)[C@H]2CO[C@H](c3cc(OC)c(OC)c(OC)c3)[C@H]2CO)cc1OC. The molecule has 31 heavy (non-hydrogen) atoms. The molecule has 1 N–H and O–H groups in total. The van der Waals surface area contributed by atoms with E-state index in [0.717, 1.165) is 5.56 Å². The first-order valence-electron chi connectivity index (χ1n) is 9.81. The van der Waals surface area contributed by atoms with Crippen LogP contribution in [0.25, 0.3) is 0 Å². The van der Waals surface area contributed by atoms with Crippen molar-refractivity contribution in [1.82, 2.24) is 0 Å². The molecule has 1 aliphatic heterocycles. The first-order valence-corrected chi connectivity index (χ1v) is 9.81. The van der Waals surface area contributed by atoms with Crippen molar-refractivity contribution in [3.05, 3.63) is 41.5 Å². The Labute approximate surface area is 181 Å². The second kappa shape index (κ2) is 9.89. The van der Waals surface area contributed by atoms with Gasteiger partial charge in [-0.05, 0) is 35.9 Å². The van der Waals surface area contributed by atoms with Crippen LogP contribution in [0.2, 0.25) is 0 Å². The first kappa shape index (κ1) is 22.7. The molecule has 0 radical (unpaired) electrons. The molecule has 0 spiro atoms. The number of carbonyl (C=O) groups excluding carboxylic acids is 1. The van der Waals surface area contributed by atoms with E-state index in [-0.39, 0.29) is 19.0 Å². The number of methoxy groups -OCH3 is 5. The zero-order chi connectivity index (χ0) is 22.5. The van der Waals surface area contributed by atoms with E-state index in [0.29, 0.717) is 34.3 Å². The standard InChI is InChI=1S/C23H28O8/c1-26-17-7-6-13(8-18(17)27-2)21(25)16-12-31-22(15(16)11-24)14-9-19(28-3)23(30-5)20(10-14)29-4/h6-10,15-16,22,24H,11-12H2,1-5H3/t15-,16-,22+/m0/s1. The van der Waals surface area contributed by atoms with Gasteiger partial charge >= 0.3 is 0 Å². The summed E-state index contributed by atoms with van der Waals surface area (Å²) in [6.07, 6.45) is -0.507. The van der Waals surface area contributed by atoms with Crippen LogP contribution in [0, 0.1) is 11.8 Å². The molecule has 0 bridgehead atoms. The smallest absolute Gasteiger partial charge is 0.203 e. The van der Waals surface area contributed by atoms with Gasteiger partial charge in [0.05, 0.1) is 54.2 Å². The Bertz CT molecular complexity index is 901. The summed E-state index contributed by atoms with van der Waals surface area (Å²) in [5.41, 5.74) is 1.20. The molecule has 168 valence electrons. The number of ether oxygens (including phenoxy) is 6. The lowest BCUT2D eigenvalue weighted by Gasteiger charge is -2.22. The third-order valence-electron chi connectivity index (χ3n) is 5.59. The van der Waals surface area contributed by atoms with Crippen LogP contribution in [-0.2, 0) is 4.74 Å². The number of aliphatic hydroxyl groups excluding tert-OH is 1. The molecule has 1 saturated heterocycles. The van der Waals surface area contributed by atoms with E-state index in [4.69, 9.17) is 28.4 Å². The lowest BCUT2D eigenvalue weighted by atomic mass is 9.83. The minimum absolute atomic E-state index is 0.130. The summed E-state index contributed by atoms with van der Waals surface area (Å²) < 4.78 is 32.7. The topological polar surface area (TPSA) is 92.7 Å². The summed E-state index contributed by atoms with van der Waals surface area (Å²) in [7, 11) is 7.64. The Morgan fingerprint density at radius 3 is 2.03 bits per heavy atom. The lowest BCUT2D eigenvalue weighted by Crippen LogP contribution is -2.26. The highest BCUT2D eigenvalue weighted by atomic mass is 16.5. The van der Waals surface area contributed by atoms with Crippen LogP contribution < -0.4 is 23.7 Å². The average molecular weight is 432 g/mol. The zero-order valence-corrected chi connectivity index (χ0v) is 18.3. The predicted molar refractivity (Wildman–Crippen MR) is 113 cm³/mol. The molecule has 0 amide bonds. The molecule has 8 nitrogen and oxygen atoms in total. The van der Waals surface area contributed by atoms with Crippen molar-refractivity contribution < 1.29 is 38.3 Å². The molecular weight excluding hydrogens is 404 g/mol. The molecule has 0 aromatic heterocycles. The predicted octanol–water partition coefficient (Wildman–Crippen LogP) is 2.91. The van der Waals surface area contributed by atoms with Crippen molar-refractivity contribution in [3.8, 4) is 28.7 Å². The van der Waals surface area contributed by atoms with Crippen molar-refractivity contribution in [3.63, 3.8) is 0 Å². The summed E-state index contributed by atoms with van der Waals surface area (Å²) in [6, 6.07) is 8.57. The molecular formula is C23H28O8. The molecule has 1 fully saturated rings. The highest BCUT2D eigenvalue weighted by Gasteiger charge is 2.42. The van der Waals surface area contributed by atoms with Crippen LogP contribution in [0.1, 0.15) is 22.0 Å². The van der Waals surface area contributed by atoms with Gasteiger partial charge in [-0.3, -0.25) is 4.79 Å². The van der Waals surface area contributed by atoms with E-state index in [1.807, 2.05) is 0 Å². The van der Waals surface area contributed by atoms with E-state index in [1.54, 1.807) is 30.3 Å². The van der Waals surface area contributed by atoms with Crippen molar-refractivity contribution in [2.45, 2.75) is 6.10 Å². The fourth-order valence-electron chi connectivity index (χ4n) is 3.97. The molecule has 2 aromatic rings. The summed E-state index contributed by atoms with van der Waals surface area (Å²) in [5, 5.41) is 10.1. The van der Waals surface area contributed by atoms with Gasteiger partial charge in [-0.2, -0.15) is 0 Å². The minimum Gasteiger partial charge on any atom is -0.493 e. The third kappa shape index (κ3) is 4.26. The van der Waals surface area contributed by atoms with Gasteiger partial charge in [0.15, 0.2) is 28.8 Å². The fourth-order valence-corrected chi connectivity index (χ4v) is 3.97. The van der Waals surface area contributed by atoms with Crippen LogP contribution in [-0.4, -0.2) is 59.7 Å². The van der Waals surface area contributed by atoms with Crippen LogP contribution in [0.3, 0.4) is 0 Å². The molecule has 1 aliphatic rings. The van der Waals surface area contributed by atoms with Crippen molar-refractivity contribution in [1.29, 1.82) is 0 Å². The largest absolute Gasteiger partial charge is 0.493 e. The number of Topliss-reactive ketones (excluding diaryl/α,β-unsaturated/α-hetero) is 1. The molecule has 0 aliphatic carbocycles. The number of benzene rings is 2. The van der Waals surface area contributed by atoms with Gasteiger partial charge in [0.2, 0.25) is 5.75 Å². The Morgan fingerprint density at radius 2 is 1.52 bits per heavy atom. The lowest BCUT2D eigenvalue weighted by molar-refractivity contribution is 0.0711. The summed E-state index contributed by atoms with van der Waals surface area (Å²) >= 11 is 0. The van der Waals surface area contributed by atoms with Gasteiger partial charge in [-0.25, -0.2) is 0 Å². The van der Waals surface area contributed by atoms with Gasteiger partial charge < -0.3 is 33.5 Å². The van der Waals surface area contributed by atoms with Crippen LogP contribution in [0.4, 0.5) is 0 Å². The number of carbonyl (C=O) groups is 1. The van der Waals surface area contributed by atoms with E-state index in [2.05, 4.69) is 0 Å². The Kier molecular flexibility index (Phi) is 7.25. The monoisotopic (exact) mass is 432 g/mol. The van der Waals surface area contributed by atoms with Crippen LogP contribution in [0.15, 0.2) is 30.3 Å². The van der Waals surface area contributed by atoms with E-state index >= 15 is 0 Å². The molecule has 1 heterocycles. The van der Waals surface area contributed by atoms with Gasteiger partial charge in [0.1, 0.15) is 0 Å². The highest BCUT2D eigenvalue weighted by Crippen LogP contribution is 2.46. The van der Waals surface area contributed by atoms with E-state index in [1.165, 1.54) is 35.5 Å². The number of ketones is 1. The summed E-state index contributed by atoms with van der Waals surface area (Å²) in [5.74, 6) is 1.33. The molecule has 0 saturated carbocycles. The van der Waals surface area contributed by atoms with Gasteiger partial charge in [0, 0.05) is 18.1 Å². The van der Waals surface area contributed by atoms with Gasteiger partial charge in [-0.1, -0.05) is 0 Å². The number of aliphatic hydroxyl groups is 1. The minimum atomic E-state index is -0.521. The summed E-state index contributed by atoms with van der Waals surface area (Å²) in [6.45, 7) is -0.0369. The Balaban J connectivity index is 1.92. The maximum Gasteiger partial charge on any atom is 0.203 e. The maximum absolute atomic E-state index is 13.3. The molecule has 3 rings (SSSR count). The fraction of sp³-hybridized carbons (Fsp3) is 0.435. The highest BCUT2D eigenvalue weighted by molar-refractivity contribution is 5.99. The van der Waals surface area contributed by atoms with Gasteiger partial charge in [-0.15, -0.1) is 0 Å². The number of hydrogen-bond donors (Lipinski definition) is 1. The quantitative estimate of drug-likeness (QED) is 0.605. The third-order valence-corrected chi connectivity index (χ3v) is 5.59. The van der Waals surface area contributed by atoms with Crippen molar-refractivity contribution in [2.75, 3.05) is 48.8 Å². The second-order valence-electron chi connectivity index (χ2n) is 7.10. The number of rotatable bonds is 9. The zero-order valence-electron chi connectivity index (χ0n) is 18.3. The molecule has 0 unspecified atom stereocenters. The molecule has 2 aromatic carbocycles.